The molecule has 3 aromatic carbocycles. The second-order valence-corrected chi connectivity index (χ2v) is 8.53. The average molecular weight is 497 g/mol. The fourth-order valence-electron chi connectivity index (χ4n) is 3.60. The number of nitrogens with zero attached hydrogens (tertiary/aromatic N) is 2. The number of anilines is 3. The van der Waals surface area contributed by atoms with Gasteiger partial charge in [-0.15, -0.1) is 0 Å². The first kappa shape index (κ1) is 23.1. The molecule has 0 aliphatic carbocycles. The number of hydrogen-bond acceptors (Lipinski definition) is 6. The summed E-state index contributed by atoms with van der Waals surface area (Å²) in [6.07, 6.45) is 0. The summed E-state index contributed by atoms with van der Waals surface area (Å²) >= 11 is 6.26. The zero-order valence-electron chi connectivity index (χ0n) is 19.2. The van der Waals surface area contributed by atoms with Crippen LogP contribution in [0.25, 0.3) is 11.0 Å². The van der Waals surface area contributed by atoms with Crippen LogP contribution in [-0.2, 0) is 0 Å². The van der Waals surface area contributed by atoms with E-state index in [1.165, 1.54) is 12.1 Å². The van der Waals surface area contributed by atoms with Gasteiger partial charge in [-0.1, -0.05) is 23.7 Å². The maximum absolute atomic E-state index is 12.7. The van der Waals surface area contributed by atoms with E-state index in [9.17, 15) is 9.90 Å². The Labute approximate surface area is 212 Å². The Morgan fingerprint density at radius 2 is 1.75 bits per heavy atom. The molecule has 0 radical (unpaired) electrons. The number of pyridine rings is 2. The normalized spacial score (nSPS) is 10.7. The second-order valence-electron chi connectivity index (χ2n) is 8.10. The number of nitrogens with one attached hydrogen (secondary N) is 2. The number of aromatic nitrogens is 2. The Balaban J connectivity index is 1.38. The molecule has 5 rings (SSSR count). The number of aromatic hydroxyl groups is 1. The van der Waals surface area contributed by atoms with E-state index in [-0.39, 0.29) is 11.7 Å². The first-order valence-corrected chi connectivity index (χ1v) is 11.5. The largest absolute Gasteiger partial charge is 0.508 e. The van der Waals surface area contributed by atoms with Gasteiger partial charge in [0.15, 0.2) is 11.4 Å². The quantitative estimate of drug-likeness (QED) is 0.232. The van der Waals surface area contributed by atoms with E-state index in [2.05, 4.69) is 20.6 Å². The van der Waals surface area contributed by atoms with Gasteiger partial charge in [-0.05, 0) is 79.7 Å². The number of hydrogen-bond donors (Lipinski definition) is 3. The number of amides is 1. The van der Waals surface area contributed by atoms with Crippen molar-refractivity contribution in [3.05, 3.63) is 107 Å². The molecule has 2 aromatic heterocycles. The minimum Gasteiger partial charge on any atom is -0.508 e. The smallest absolute Gasteiger partial charge is 0.255 e. The molecule has 2 heterocycles. The van der Waals surface area contributed by atoms with Gasteiger partial charge < -0.3 is 20.5 Å². The van der Waals surface area contributed by atoms with Crippen molar-refractivity contribution < 1.29 is 14.6 Å². The maximum Gasteiger partial charge on any atom is 0.255 e. The van der Waals surface area contributed by atoms with Gasteiger partial charge >= 0.3 is 0 Å². The SMILES string of the molecule is Cc1ccc2ccc(Nc3cc(Cl)ccc3Oc3cccc(C(=O)Nc4cccc(O)c4)c3)nc2n1. The molecule has 0 atom stereocenters. The fourth-order valence-corrected chi connectivity index (χ4v) is 3.78. The molecular weight excluding hydrogens is 476 g/mol. The molecule has 3 N–H and O–H groups in total. The number of carbonyl (C=O) groups is 1. The number of halogens is 1. The van der Waals surface area contributed by atoms with Crippen molar-refractivity contribution in [1.29, 1.82) is 0 Å². The summed E-state index contributed by atoms with van der Waals surface area (Å²) in [5.41, 5.74) is 3.01. The molecule has 178 valence electrons. The molecule has 5 aromatic rings. The number of aryl methyl sites for hydroxylation is 1. The van der Waals surface area contributed by atoms with Crippen LogP contribution >= 0.6 is 11.6 Å². The number of benzene rings is 3. The van der Waals surface area contributed by atoms with Gasteiger partial charge in [-0.25, -0.2) is 9.97 Å². The van der Waals surface area contributed by atoms with E-state index in [1.807, 2.05) is 31.2 Å². The van der Waals surface area contributed by atoms with Crippen LogP contribution in [0.3, 0.4) is 0 Å². The Morgan fingerprint density at radius 3 is 2.61 bits per heavy atom. The van der Waals surface area contributed by atoms with Crippen molar-refractivity contribution in [1.82, 2.24) is 9.97 Å². The summed E-state index contributed by atoms with van der Waals surface area (Å²) in [7, 11) is 0. The van der Waals surface area contributed by atoms with Gasteiger partial charge in [0.05, 0.1) is 5.69 Å². The lowest BCUT2D eigenvalue weighted by Gasteiger charge is -2.14. The number of rotatable bonds is 6. The third kappa shape index (κ3) is 5.37. The van der Waals surface area contributed by atoms with Crippen molar-refractivity contribution in [2.24, 2.45) is 0 Å². The highest BCUT2D eigenvalue weighted by Gasteiger charge is 2.12. The van der Waals surface area contributed by atoms with E-state index in [0.717, 1.165) is 11.1 Å². The zero-order valence-corrected chi connectivity index (χ0v) is 20.0. The molecule has 7 nitrogen and oxygen atoms in total. The van der Waals surface area contributed by atoms with Crippen molar-refractivity contribution in [3.8, 4) is 17.2 Å². The third-order valence-electron chi connectivity index (χ3n) is 5.32. The molecule has 0 bridgehead atoms. The maximum atomic E-state index is 12.7. The van der Waals surface area contributed by atoms with Crippen LogP contribution < -0.4 is 15.4 Å². The summed E-state index contributed by atoms with van der Waals surface area (Å²) in [6.45, 7) is 1.92. The molecule has 1 amide bonds. The van der Waals surface area contributed by atoms with Crippen LogP contribution in [0.2, 0.25) is 5.02 Å². The molecule has 0 saturated heterocycles. The standard InChI is InChI=1S/C28H21ClN4O3/c1-17-8-9-18-10-13-26(33-27(18)30-17)32-24-15-20(29)11-12-25(24)36-23-7-2-4-19(14-23)28(35)31-21-5-3-6-22(34)16-21/h2-16,34H,1H3,(H,31,35)(H,30,32,33). The Bertz CT molecular complexity index is 1590. The first-order valence-electron chi connectivity index (χ1n) is 11.1. The summed E-state index contributed by atoms with van der Waals surface area (Å²) in [6, 6.07) is 26.1. The molecule has 0 unspecified atom stereocenters. The highest BCUT2D eigenvalue weighted by atomic mass is 35.5. The Kier molecular flexibility index (Phi) is 6.38. The van der Waals surface area contributed by atoms with Crippen LogP contribution in [0, 0.1) is 6.92 Å². The minimum atomic E-state index is -0.330. The number of phenols is 1. The minimum absolute atomic E-state index is 0.0690. The molecule has 8 heteroatoms. The van der Waals surface area contributed by atoms with Crippen LogP contribution in [0.5, 0.6) is 17.2 Å². The Morgan fingerprint density at radius 1 is 0.917 bits per heavy atom. The average Bonchev–Trinajstić information content (AvgIpc) is 2.86. The number of fused-ring (bicyclic) bond motifs is 1. The predicted molar refractivity (Wildman–Crippen MR) is 142 cm³/mol. The van der Waals surface area contributed by atoms with E-state index in [4.69, 9.17) is 16.3 Å². The molecule has 0 saturated carbocycles. The first-order chi connectivity index (χ1) is 17.4. The van der Waals surface area contributed by atoms with E-state index in [0.29, 0.717) is 44.9 Å². The zero-order chi connectivity index (χ0) is 25.1. The van der Waals surface area contributed by atoms with E-state index >= 15 is 0 Å². The highest BCUT2D eigenvalue weighted by Crippen LogP contribution is 2.34. The summed E-state index contributed by atoms with van der Waals surface area (Å²) in [5.74, 6) is 1.30. The third-order valence-corrected chi connectivity index (χ3v) is 5.56. The summed E-state index contributed by atoms with van der Waals surface area (Å²) < 4.78 is 6.12. The van der Waals surface area contributed by atoms with Gasteiger partial charge in [0.2, 0.25) is 0 Å². The lowest BCUT2D eigenvalue weighted by Crippen LogP contribution is -2.11. The van der Waals surface area contributed by atoms with Gasteiger partial charge in [-0.3, -0.25) is 4.79 Å². The Hall–Kier alpha value is -4.62. The van der Waals surface area contributed by atoms with Gasteiger partial charge in [0.1, 0.15) is 17.3 Å². The van der Waals surface area contributed by atoms with Crippen molar-refractivity contribution in [2.75, 3.05) is 10.6 Å². The molecule has 0 aliphatic rings. The number of phenolic OH excluding ortho intramolecular Hbond substituents is 1. The number of carbonyl (C=O) groups excluding carboxylic acids is 1. The molecule has 0 aliphatic heterocycles. The van der Waals surface area contributed by atoms with Gasteiger partial charge in [-0.2, -0.15) is 0 Å². The summed E-state index contributed by atoms with van der Waals surface area (Å²) in [5, 5.41) is 17.1. The number of ether oxygens (including phenoxy) is 1. The molecular formula is C28H21ClN4O3. The van der Waals surface area contributed by atoms with Crippen LogP contribution in [0.4, 0.5) is 17.2 Å². The van der Waals surface area contributed by atoms with Crippen LogP contribution in [0.15, 0.2) is 91.0 Å². The van der Waals surface area contributed by atoms with Crippen LogP contribution in [-0.4, -0.2) is 21.0 Å². The van der Waals surface area contributed by atoms with Crippen molar-refractivity contribution in [2.45, 2.75) is 6.92 Å². The second kappa shape index (κ2) is 9.93. The lowest BCUT2D eigenvalue weighted by atomic mass is 10.2. The predicted octanol–water partition coefficient (Wildman–Crippen LogP) is 7.09. The van der Waals surface area contributed by atoms with Crippen molar-refractivity contribution >= 4 is 45.7 Å². The molecule has 0 spiro atoms. The summed E-state index contributed by atoms with van der Waals surface area (Å²) in [4.78, 5) is 21.8. The van der Waals surface area contributed by atoms with Crippen molar-refractivity contribution in [3.63, 3.8) is 0 Å². The van der Waals surface area contributed by atoms with Gasteiger partial charge in [0, 0.05) is 33.4 Å². The fraction of sp³-hybridized carbons (Fsp3) is 0.0357. The van der Waals surface area contributed by atoms with E-state index in [1.54, 1.807) is 54.6 Å². The topological polar surface area (TPSA) is 96.4 Å². The molecule has 36 heavy (non-hydrogen) atoms. The van der Waals surface area contributed by atoms with E-state index < -0.39 is 0 Å². The molecule has 0 fully saturated rings. The monoisotopic (exact) mass is 496 g/mol. The van der Waals surface area contributed by atoms with Gasteiger partial charge in [0.25, 0.3) is 5.91 Å². The highest BCUT2D eigenvalue weighted by molar-refractivity contribution is 6.31. The lowest BCUT2D eigenvalue weighted by molar-refractivity contribution is 0.102. The van der Waals surface area contributed by atoms with Crippen LogP contribution in [0.1, 0.15) is 16.1 Å².